The van der Waals surface area contributed by atoms with Gasteiger partial charge in [-0.3, -0.25) is 0 Å². The highest BCUT2D eigenvalue weighted by Crippen LogP contribution is 2.32. The lowest BCUT2D eigenvalue weighted by molar-refractivity contribution is 0.282. The monoisotopic (exact) mass is 323 g/mol. The Bertz CT molecular complexity index is 574. The number of aliphatic hydroxyl groups is 1. The number of hydrogen-bond donors (Lipinski definition) is 1. The third-order valence-corrected chi connectivity index (χ3v) is 3.56. The Morgan fingerprint density at radius 2 is 2.00 bits per heavy atom. The molecule has 0 spiro atoms. The standard InChI is InChI=1S/C15H15BrFNO/c1-2-18(13-5-3-4-12(17)9-13)15-7-6-11(10-19)8-14(15)16/h3-9,19H,2,10H2,1H3. The molecule has 0 saturated heterocycles. The van der Waals surface area contributed by atoms with Crippen molar-refractivity contribution in [2.75, 3.05) is 11.4 Å². The third-order valence-electron chi connectivity index (χ3n) is 2.92. The van der Waals surface area contributed by atoms with Crippen molar-refractivity contribution in [2.24, 2.45) is 0 Å². The van der Waals surface area contributed by atoms with E-state index in [0.29, 0.717) is 0 Å². The SMILES string of the molecule is CCN(c1cccc(F)c1)c1ccc(CO)cc1Br. The summed E-state index contributed by atoms with van der Waals surface area (Å²) < 4.78 is 14.2. The van der Waals surface area contributed by atoms with Crippen LogP contribution in [0.15, 0.2) is 46.9 Å². The highest BCUT2D eigenvalue weighted by atomic mass is 79.9. The lowest BCUT2D eigenvalue weighted by Gasteiger charge is -2.25. The summed E-state index contributed by atoms with van der Waals surface area (Å²) in [7, 11) is 0. The molecule has 0 heterocycles. The van der Waals surface area contributed by atoms with Gasteiger partial charge in [0.15, 0.2) is 0 Å². The van der Waals surface area contributed by atoms with E-state index < -0.39 is 0 Å². The highest BCUT2D eigenvalue weighted by Gasteiger charge is 2.11. The van der Waals surface area contributed by atoms with Crippen LogP contribution in [-0.4, -0.2) is 11.7 Å². The van der Waals surface area contributed by atoms with Crippen molar-refractivity contribution < 1.29 is 9.50 Å². The van der Waals surface area contributed by atoms with Crippen LogP contribution in [0.25, 0.3) is 0 Å². The summed E-state index contributed by atoms with van der Waals surface area (Å²) in [6, 6.07) is 12.2. The summed E-state index contributed by atoms with van der Waals surface area (Å²) in [5, 5.41) is 9.12. The molecule has 0 aliphatic rings. The van der Waals surface area contributed by atoms with E-state index in [1.54, 1.807) is 6.07 Å². The molecule has 0 fully saturated rings. The van der Waals surface area contributed by atoms with Gasteiger partial charge in [0, 0.05) is 16.7 Å². The van der Waals surface area contributed by atoms with Crippen molar-refractivity contribution in [3.8, 4) is 0 Å². The maximum atomic E-state index is 13.3. The minimum absolute atomic E-state index is 0.00493. The minimum atomic E-state index is -0.251. The predicted octanol–water partition coefficient (Wildman–Crippen LogP) is 4.24. The summed E-state index contributed by atoms with van der Waals surface area (Å²) in [6.45, 7) is 2.74. The Labute approximate surface area is 120 Å². The van der Waals surface area contributed by atoms with Gasteiger partial charge in [0.2, 0.25) is 0 Å². The van der Waals surface area contributed by atoms with Crippen molar-refractivity contribution in [3.05, 3.63) is 58.3 Å². The van der Waals surface area contributed by atoms with Gasteiger partial charge in [-0.2, -0.15) is 0 Å². The first-order chi connectivity index (χ1) is 9.15. The molecule has 2 nitrogen and oxygen atoms in total. The zero-order chi connectivity index (χ0) is 13.8. The van der Waals surface area contributed by atoms with Crippen LogP contribution in [0.2, 0.25) is 0 Å². The fourth-order valence-electron chi connectivity index (χ4n) is 2.00. The molecule has 2 aromatic carbocycles. The fraction of sp³-hybridized carbons (Fsp3) is 0.200. The van der Waals surface area contributed by atoms with Crippen molar-refractivity contribution in [3.63, 3.8) is 0 Å². The van der Waals surface area contributed by atoms with Crippen LogP contribution in [0, 0.1) is 5.82 Å². The largest absolute Gasteiger partial charge is 0.392 e. The fourth-order valence-corrected chi connectivity index (χ4v) is 2.64. The van der Waals surface area contributed by atoms with Crippen LogP contribution in [0.1, 0.15) is 12.5 Å². The van der Waals surface area contributed by atoms with E-state index in [1.807, 2.05) is 36.1 Å². The second-order valence-corrected chi connectivity index (χ2v) is 5.02. The molecule has 2 rings (SSSR count). The molecule has 0 saturated carbocycles. The molecule has 0 atom stereocenters. The first-order valence-electron chi connectivity index (χ1n) is 6.08. The molecule has 1 N–H and O–H groups in total. The first-order valence-corrected chi connectivity index (χ1v) is 6.87. The third kappa shape index (κ3) is 3.14. The van der Waals surface area contributed by atoms with Crippen molar-refractivity contribution in [1.29, 1.82) is 0 Å². The molecule has 0 bridgehead atoms. The molecule has 0 aliphatic carbocycles. The van der Waals surface area contributed by atoms with Gasteiger partial charge in [0.05, 0.1) is 12.3 Å². The normalized spacial score (nSPS) is 10.5. The lowest BCUT2D eigenvalue weighted by atomic mass is 10.2. The Hall–Kier alpha value is -1.39. The summed E-state index contributed by atoms with van der Waals surface area (Å²) >= 11 is 3.50. The Kier molecular flexibility index (Phi) is 4.56. The van der Waals surface area contributed by atoms with Gasteiger partial charge >= 0.3 is 0 Å². The number of anilines is 2. The van der Waals surface area contributed by atoms with Gasteiger partial charge in [-0.05, 0) is 58.7 Å². The zero-order valence-corrected chi connectivity index (χ0v) is 12.2. The maximum absolute atomic E-state index is 13.3. The molecular formula is C15H15BrFNO. The van der Waals surface area contributed by atoms with Gasteiger partial charge in [-0.25, -0.2) is 4.39 Å². The van der Waals surface area contributed by atoms with Gasteiger partial charge in [0.25, 0.3) is 0 Å². The molecule has 0 amide bonds. The summed E-state index contributed by atoms with van der Waals surface area (Å²) in [6.07, 6.45) is 0. The number of rotatable bonds is 4. The number of aliphatic hydroxyl groups excluding tert-OH is 1. The zero-order valence-electron chi connectivity index (χ0n) is 10.6. The average Bonchev–Trinajstić information content (AvgIpc) is 2.41. The summed E-state index contributed by atoms with van der Waals surface area (Å²) in [4.78, 5) is 2.01. The molecule has 100 valence electrons. The summed E-state index contributed by atoms with van der Waals surface area (Å²) in [5.74, 6) is -0.251. The van der Waals surface area contributed by atoms with Crippen LogP contribution >= 0.6 is 15.9 Å². The van der Waals surface area contributed by atoms with Crippen LogP contribution in [-0.2, 0) is 6.61 Å². The maximum Gasteiger partial charge on any atom is 0.125 e. The topological polar surface area (TPSA) is 23.5 Å². The second kappa shape index (κ2) is 6.17. The van der Waals surface area contributed by atoms with Gasteiger partial charge in [-0.1, -0.05) is 12.1 Å². The average molecular weight is 324 g/mol. The molecule has 2 aromatic rings. The minimum Gasteiger partial charge on any atom is -0.392 e. The van der Waals surface area contributed by atoms with E-state index >= 15 is 0 Å². The Morgan fingerprint density at radius 1 is 1.21 bits per heavy atom. The number of nitrogens with zero attached hydrogens (tertiary/aromatic N) is 1. The quantitative estimate of drug-likeness (QED) is 0.909. The Balaban J connectivity index is 2.42. The first kappa shape index (κ1) is 14.0. The van der Waals surface area contributed by atoms with Crippen molar-refractivity contribution >= 4 is 27.3 Å². The number of benzene rings is 2. The van der Waals surface area contributed by atoms with Gasteiger partial charge in [-0.15, -0.1) is 0 Å². The molecule has 0 aliphatic heterocycles. The van der Waals surface area contributed by atoms with Crippen LogP contribution in [0.3, 0.4) is 0 Å². The Morgan fingerprint density at radius 3 is 2.58 bits per heavy atom. The van der Waals surface area contributed by atoms with E-state index in [0.717, 1.165) is 28.0 Å². The molecule has 19 heavy (non-hydrogen) atoms. The number of hydrogen-bond acceptors (Lipinski definition) is 2. The lowest BCUT2D eigenvalue weighted by Crippen LogP contribution is -2.16. The van der Waals surface area contributed by atoms with E-state index in [4.69, 9.17) is 5.11 Å². The predicted molar refractivity (Wildman–Crippen MR) is 79.1 cm³/mol. The van der Waals surface area contributed by atoms with E-state index in [-0.39, 0.29) is 12.4 Å². The molecule has 4 heteroatoms. The molecule has 0 unspecified atom stereocenters. The highest BCUT2D eigenvalue weighted by molar-refractivity contribution is 9.10. The van der Waals surface area contributed by atoms with Crippen LogP contribution in [0.5, 0.6) is 0 Å². The van der Waals surface area contributed by atoms with Gasteiger partial charge < -0.3 is 10.0 Å². The van der Waals surface area contributed by atoms with Gasteiger partial charge in [0.1, 0.15) is 5.82 Å². The van der Waals surface area contributed by atoms with Crippen LogP contribution < -0.4 is 4.90 Å². The van der Waals surface area contributed by atoms with E-state index in [9.17, 15) is 4.39 Å². The number of halogens is 2. The van der Waals surface area contributed by atoms with E-state index in [1.165, 1.54) is 12.1 Å². The second-order valence-electron chi connectivity index (χ2n) is 4.17. The van der Waals surface area contributed by atoms with E-state index in [2.05, 4.69) is 15.9 Å². The van der Waals surface area contributed by atoms with Crippen LogP contribution in [0.4, 0.5) is 15.8 Å². The molecule has 0 radical (unpaired) electrons. The van der Waals surface area contributed by atoms with Crippen molar-refractivity contribution in [2.45, 2.75) is 13.5 Å². The molecule has 0 aromatic heterocycles. The smallest absolute Gasteiger partial charge is 0.125 e. The van der Waals surface area contributed by atoms with Crippen molar-refractivity contribution in [1.82, 2.24) is 0 Å². The summed E-state index contributed by atoms with van der Waals surface area (Å²) in [5.41, 5.74) is 2.59. The molecular weight excluding hydrogens is 309 g/mol.